The summed E-state index contributed by atoms with van der Waals surface area (Å²) in [6.45, 7) is 9.49. The predicted molar refractivity (Wildman–Crippen MR) is 82.7 cm³/mol. The molecule has 0 aromatic carbocycles. The molecule has 5 heteroatoms. The van der Waals surface area contributed by atoms with Crippen LogP contribution in [0.4, 0.5) is 0 Å². The van der Waals surface area contributed by atoms with Crippen LogP contribution in [-0.4, -0.2) is 23.9 Å². The molecular formula is C15H25NO3S. The fourth-order valence-corrected chi connectivity index (χ4v) is 2.27. The first-order chi connectivity index (χ1) is 9.40. The van der Waals surface area contributed by atoms with E-state index in [-0.39, 0.29) is 5.97 Å². The fourth-order valence-electron chi connectivity index (χ4n) is 1.59. The molecule has 0 fully saturated rings. The van der Waals surface area contributed by atoms with Crippen molar-refractivity contribution in [2.24, 2.45) is 0 Å². The largest absolute Gasteiger partial charge is 0.464 e. The zero-order valence-electron chi connectivity index (χ0n) is 12.8. The molecule has 0 saturated heterocycles. The van der Waals surface area contributed by atoms with Gasteiger partial charge in [0.2, 0.25) is 0 Å². The Hall–Kier alpha value is -0.940. The number of nitrogens with one attached hydrogen (secondary N) is 1. The molecular weight excluding hydrogens is 274 g/mol. The summed E-state index contributed by atoms with van der Waals surface area (Å²) in [5.41, 5.74) is -0.416. The van der Waals surface area contributed by atoms with Gasteiger partial charge in [-0.25, -0.2) is 0 Å². The van der Waals surface area contributed by atoms with Crippen molar-refractivity contribution in [2.75, 3.05) is 12.3 Å². The fraction of sp³-hybridized carbons (Fsp3) is 0.667. The van der Waals surface area contributed by atoms with Crippen LogP contribution >= 0.6 is 11.8 Å². The summed E-state index contributed by atoms with van der Waals surface area (Å²) in [6.07, 6.45) is 1.11. The van der Waals surface area contributed by atoms with E-state index in [4.69, 9.17) is 9.15 Å². The van der Waals surface area contributed by atoms with Gasteiger partial charge < -0.3 is 14.5 Å². The highest BCUT2D eigenvalue weighted by atomic mass is 32.2. The van der Waals surface area contributed by atoms with Crippen molar-refractivity contribution in [3.63, 3.8) is 0 Å². The smallest absolute Gasteiger partial charge is 0.316 e. The van der Waals surface area contributed by atoms with Crippen LogP contribution < -0.4 is 5.32 Å². The van der Waals surface area contributed by atoms with Gasteiger partial charge in [0.05, 0.1) is 18.1 Å². The number of carbonyl (C=O) groups excluding carboxylic acids is 1. The maximum atomic E-state index is 11.5. The third-order valence-electron chi connectivity index (χ3n) is 2.33. The summed E-state index contributed by atoms with van der Waals surface area (Å²) in [5, 5.41) is 3.29. The molecule has 0 aliphatic rings. The first kappa shape index (κ1) is 17.1. The van der Waals surface area contributed by atoms with Crippen LogP contribution in [0, 0.1) is 0 Å². The Kier molecular flexibility index (Phi) is 7.16. The van der Waals surface area contributed by atoms with Gasteiger partial charge in [0.1, 0.15) is 17.1 Å². The average molecular weight is 299 g/mol. The normalized spacial score (nSPS) is 11.6. The number of hydrogen-bond acceptors (Lipinski definition) is 5. The zero-order valence-corrected chi connectivity index (χ0v) is 13.6. The van der Waals surface area contributed by atoms with Gasteiger partial charge in [0.25, 0.3) is 0 Å². The van der Waals surface area contributed by atoms with E-state index >= 15 is 0 Å². The van der Waals surface area contributed by atoms with Gasteiger partial charge in [-0.15, -0.1) is 11.8 Å². The van der Waals surface area contributed by atoms with Crippen molar-refractivity contribution in [3.8, 4) is 0 Å². The third kappa shape index (κ3) is 7.60. The second-order valence-electron chi connectivity index (χ2n) is 5.62. The number of carbonyl (C=O) groups is 1. The third-order valence-corrected chi connectivity index (χ3v) is 3.26. The maximum absolute atomic E-state index is 11.5. The van der Waals surface area contributed by atoms with Crippen LogP contribution in [0.1, 0.15) is 45.6 Å². The Morgan fingerprint density at radius 3 is 2.70 bits per heavy atom. The molecule has 0 atom stereocenters. The van der Waals surface area contributed by atoms with E-state index in [2.05, 4.69) is 12.2 Å². The van der Waals surface area contributed by atoms with Crippen LogP contribution in [0.2, 0.25) is 0 Å². The van der Waals surface area contributed by atoms with Crippen molar-refractivity contribution in [3.05, 3.63) is 23.7 Å². The molecule has 1 N–H and O–H groups in total. The van der Waals surface area contributed by atoms with Gasteiger partial charge in [-0.1, -0.05) is 6.92 Å². The minimum Gasteiger partial charge on any atom is -0.464 e. The Morgan fingerprint density at radius 2 is 2.05 bits per heavy atom. The zero-order chi connectivity index (χ0) is 15.0. The van der Waals surface area contributed by atoms with E-state index in [1.807, 2.05) is 32.9 Å². The Bertz CT molecular complexity index is 409. The van der Waals surface area contributed by atoms with Gasteiger partial charge in [0, 0.05) is 0 Å². The lowest BCUT2D eigenvalue weighted by atomic mass is 10.2. The van der Waals surface area contributed by atoms with Crippen LogP contribution in [0.3, 0.4) is 0 Å². The molecule has 1 aromatic rings. The minimum absolute atomic E-state index is 0.182. The highest BCUT2D eigenvalue weighted by Crippen LogP contribution is 2.17. The number of furan rings is 1. The summed E-state index contributed by atoms with van der Waals surface area (Å²) in [5.74, 6) is 2.69. The minimum atomic E-state index is -0.416. The second kappa shape index (κ2) is 8.37. The van der Waals surface area contributed by atoms with Gasteiger partial charge in [0.15, 0.2) is 0 Å². The molecule has 0 aliphatic heterocycles. The summed E-state index contributed by atoms with van der Waals surface area (Å²) >= 11 is 1.51. The molecule has 1 aromatic heterocycles. The van der Waals surface area contributed by atoms with E-state index in [0.717, 1.165) is 31.0 Å². The van der Waals surface area contributed by atoms with E-state index in [1.54, 1.807) is 0 Å². The lowest BCUT2D eigenvalue weighted by Crippen LogP contribution is -2.24. The standard InChI is InChI=1S/C15H25NO3S/c1-5-8-16-9-12-6-7-13(18-12)10-20-11-14(17)19-15(2,3)4/h6-7,16H,5,8-11H2,1-4H3. The number of ether oxygens (including phenoxy) is 1. The average Bonchev–Trinajstić information content (AvgIpc) is 2.75. The van der Waals surface area contributed by atoms with Gasteiger partial charge >= 0.3 is 5.97 Å². The molecule has 0 amide bonds. The Morgan fingerprint density at radius 1 is 1.35 bits per heavy atom. The van der Waals surface area contributed by atoms with Crippen LogP contribution in [0.25, 0.3) is 0 Å². The van der Waals surface area contributed by atoms with Crippen molar-refractivity contribution in [1.82, 2.24) is 5.32 Å². The van der Waals surface area contributed by atoms with E-state index in [0.29, 0.717) is 11.5 Å². The monoisotopic (exact) mass is 299 g/mol. The topological polar surface area (TPSA) is 51.5 Å². The highest BCUT2D eigenvalue weighted by Gasteiger charge is 2.16. The highest BCUT2D eigenvalue weighted by molar-refractivity contribution is 7.99. The molecule has 4 nitrogen and oxygen atoms in total. The summed E-state index contributed by atoms with van der Waals surface area (Å²) in [7, 11) is 0. The van der Waals surface area contributed by atoms with Crippen molar-refractivity contribution in [2.45, 2.75) is 52.0 Å². The molecule has 114 valence electrons. The molecule has 0 radical (unpaired) electrons. The molecule has 0 unspecified atom stereocenters. The van der Waals surface area contributed by atoms with Crippen molar-refractivity contribution in [1.29, 1.82) is 0 Å². The van der Waals surface area contributed by atoms with E-state index < -0.39 is 5.60 Å². The lowest BCUT2D eigenvalue weighted by molar-refractivity contribution is -0.151. The van der Waals surface area contributed by atoms with Crippen LogP contribution in [0.5, 0.6) is 0 Å². The van der Waals surface area contributed by atoms with Crippen LogP contribution in [-0.2, 0) is 21.8 Å². The number of thioether (sulfide) groups is 1. The van der Waals surface area contributed by atoms with Crippen molar-refractivity contribution < 1.29 is 13.9 Å². The predicted octanol–water partition coefficient (Wildman–Crippen LogP) is 3.35. The first-order valence-electron chi connectivity index (χ1n) is 6.98. The van der Waals surface area contributed by atoms with E-state index in [1.165, 1.54) is 11.8 Å². The Labute approximate surface area is 125 Å². The molecule has 0 aliphatic carbocycles. The maximum Gasteiger partial charge on any atom is 0.316 e. The van der Waals surface area contributed by atoms with Gasteiger partial charge in [-0.05, 0) is 45.9 Å². The molecule has 1 heterocycles. The summed E-state index contributed by atoms with van der Waals surface area (Å²) < 4.78 is 10.9. The van der Waals surface area contributed by atoms with Crippen LogP contribution in [0.15, 0.2) is 16.5 Å². The lowest BCUT2D eigenvalue weighted by Gasteiger charge is -2.19. The number of rotatable bonds is 8. The SMILES string of the molecule is CCCNCc1ccc(CSCC(=O)OC(C)(C)C)o1. The summed E-state index contributed by atoms with van der Waals surface area (Å²) in [6, 6.07) is 3.94. The van der Waals surface area contributed by atoms with Gasteiger partial charge in [-0.3, -0.25) is 4.79 Å². The molecule has 1 rings (SSSR count). The number of esters is 1. The van der Waals surface area contributed by atoms with Gasteiger partial charge in [-0.2, -0.15) is 0 Å². The molecule has 0 saturated carbocycles. The second-order valence-corrected chi connectivity index (χ2v) is 6.61. The first-order valence-corrected chi connectivity index (χ1v) is 8.14. The summed E-state index contributed by atoms with van der Waals surface area (Å²) in [4.78, 5) is 11.5. The molecule has 0 bridgehead atoms. The molecule has 0 spiro atoms. The van der Waals surface area contributed by atoms with Crippen molar-refractivity contribution >= 4 is 17.7 Å². The quantitative estimate of drug-likeness (QED) is 0.589. The Balaban J connectivity index is 2.23. The van der Waals surface area contributed by atoms with E-state index in [9.17, 15) is 4.79 Å². The number of hydrogen-bond donors (Lipinski definition) is 1. The molecule has 20 heavy (non-hydrogen) atoms.